The number of thioether (sulfide) groups is 1. The molecule has 1 aliphatic rings. The molecule has 1 N–H and O–H groups in total. The van der Waals surface area contributed by atoms with Crippen molar-refractivity contribution >= 4 is 17.7 Å². The summed E-state index contributed by atoms with van der Waals surface area (Å²) in [6.45, 7) is 4.22. The van der Waals surface area contributed by atoms with Crippen molar-refractivity contribution in [2.45, 2.75) is 42.9 Å². The number of carbonyl (C=O) groups is 1. The van der Waals surface area contributed by atoms with Crippen LogP contribution >= 0.6 is 11.8 Å². The van der Waals surface area contributed by atoms with Crippen molar-refractivity contribution in [3.05, 3.63) is 65.2 Å². The van der Waals surface area contributed by atoms with Gasteiger partial charge in [-0.3, -0.25) is 4.79 Å². The standard InChI is InChI=1S/C19H21NOS/c1-13-8-11-17(12-14(13)2)22-18(15-6-4-3-5-7-15)19(21)20-16-9-10-16/h3-8,11-12,16,18H,9-10H2,1-2H3,(H,20,21)/t18-/m0/s1. The summed E-state index contributed by atoms with van der Waals surface area (Å²) in [5.41, 5.74) is 3.60. The predicted octanol–water partition coefficient (Wildman–Crippen LogP) is 4.42. The Hall–Kier alpha value is -1.74. The molecule has 0 bridgehead atoms. The van der Waals surface area contributed by atoms with Crippen molar-refractivity contribution in [1.29, 1.82) is 0 Å². The largest absolute Gasteiger partial charge is 0.352 e. The number of nitrogens with one attached hydrogen (secondary N) is 1. The highest BCUT2D eigenvalue weighted by Crippen LogP contribution is 2.37. The summed E-state index contributed by atoms with van der Waals surface area (Å²) < 4.78 is 0. The molecule has 1 amide bonds. The molecule has 3 heteroatoms. The number of aryl methyl sites for hydroxylation is 2. The molecule has 22 heavy (non-hydrogen) atoms. The second-order valence-electron chi connectivity index (χ2n) is 5.94. The molecular formula is C19H21NOS. The maximum Gasteiger partial charge on any atom is 0.238 e. The SMILES string of the molecule is Cc1ccc(S[C@H](C(=O)NC2CC2)c2ccccc2)cc1C. The minimum Gasteiger partial charge on any atom is -0.352 e. The lowest BCUT2D eigenvalue weighted by molar-refractivity contribution is -0.120. The first-order chi connectivity index (χ1) is 10.6. The van der Waals surface area contributed by atoms with Gasteiger partial charge in [-0.2, -0.15) is 0 Å². The van der Waals surface area contributed by atoms with Gasteiger partial charge in [-0.05, 0) is 55.5 Å². The monoisotopic (exact) mass is 311 g/mol. The number of amides is 1. The van der Waals surface area contributed by atoms with Crippen LogP contribution in [0.15, 0.2) is 53.4 Å². The normalized spacial score (nSPS) is 15.4. The summed E-state index contributed by atoms with van der Waals surface area (Å²) >= 11 is 1.63. The van der Waals surface area contributed by atoms with Gasteiger partial charge in [0.2, 0.25) is 5.91 Å². The van der Waals surface area contributed by atoms with Gasteiger partial charge in [-0.25, -0.2) is 0 Å². The van der Waals surface area contributed by atoms with E-state index in [0.717, 1.165) is 23.3 Å². The van der Waals surface area contributed by atoms with Crippen LogP contribution in [0.3, 0.4) is 0 Å². The van der Waals surface area contributed by atoms with Gasteiger partial charge >= 0.3 is 0 Å². The molecule has 0 radical (unpaired) electrons. The molecule has 0 heterocycles. The van der Waals surface area contributed by atoms with Gasteiger partial charge in [-0.1, -0.05) is 36.4 Å². The van der Waals surface area contributed by atoms with Crippen LogP contribution in [0.1, 0.15) is 34.8 Å². The Morgan fingerprint density at radius 3 is 2.45 bits per heavy atom. The number of hydrogen-bond acceptors (Lipinski definition) is 2. The summed E-state index contributed by atoms with van der Waals surface area (Å²) in [5.74, 6) is 0.122. The van der Waals surface area contributed by atoms with Gasteiger partial charge in [0.1, 0.15) is 5.25 Å². The maximum atomic E-state index is 12.6. The predicted molar refractivity (Wildman–Crippen MR) is 92.1 cm³/mol. The fraction of sp³-hybridized carbons (Fsp3) is 0.316. The highest BCUT2D eigenvalue weighted by Gasteiger charge is 2.29. The van der Waals surface area contributed by atoms with Gasteiger partial charge in [-0.15, -0.1) is 11.8 Å². The van der Waals surface area contributed by atoms with Crippen molar-refractivity contribution < 1.29 is 4.79 Å². The molecule has 3 rings (SSSR count). The summed E-state index contributed by atoms with van der Waals surface area (Å²) in [6.07, 6.45) is 2.23. The van der Waals surface area contributed by atoms with E-state index in [1.807, 2.05) is 30.3 Å². The first kappa shape index (κ1) is 15.2. The summed E-state index contributed by atoms with van der Waals surface area (Å²) in [6, 6.07) is 16.8. The Morgan fingerprint density at radius 1 is 1.09 bits per heavy atom. The minimum atomic E-state index is -0.191. The molecule has 1 aliphatic carbocycles. The van der Waals surface area contributed by atoms with Crippen molar-refractivity contribution in [3.8, 4) is 0 Å². The van der Waals surface area contributed by atoms with Crippen LogP contribution in [0.4, 0.5) is 0 Å². The Bertz CT molecular complexity index is 664. The van der Waals surface area contributed by atoms with Crippen molar-refractivity contribution in [2.75, 3.05) is 0 Å². The van der Waals surface area contributed by atoms with E-state index >= 15 is 0 Å². The third kappa shape index (κ3) is 3.72. The Morgan fingerprint density at radius 2 is 1.82 bits per heavy atom. The van der Waals surface area contributed by atoms with Crippen molar-refractivity contribution in [3.63, 3.8) is 0 Å². The van der Waals surface area contributed by atoms with E-state index in [2.05, 4.69) is 37.4 Å². The quantitative estimate of drug-likeness (QED) is 0.828. The molecule has 1 saturated carbocycles. The van der Waals surface area contributed by atoms with E-state index in [4.69, 9.17) is 0 Å². The zero-order valence-corrected chi connectivity index (χ0v) is 13.8. The molecule has 0 saturated heterocycles. The van der Waals surface area contributed by atoms with Crippen LogP contribution < -0.4 is 5.32 Å². The second kappa shape index (κ2) is 6.57. The van der Waals surface area contributed by atoms with E-state index in [-0.39, 0.29) is 11.2 Å². The molecule has 2 nitrogen and oxygen atoms in total. The first-order valence-corrected chi connectivity index (χ1v) is 8.60. The summed E-state index contributed by atoms with van der Waals surface area (Å²) in [5, 5.41) is 2.95. The van der Waals surface area contributed by atoms with Crippen LogP contribution in [-0.4, -0.2) is 11.9 Å². The topological polar surface area (TPSA) is 29.1 Å². The Kier molecular flexibility index (Phi) is 4.53. The summed E-state index contributed by atoms with van der Waals surface area (Å²) in [4.78, 5) is 13.8. The lowest BCUT2D eigenvalue weighted by Gasteiger charge is -2.17. The Labute approximate surface area is 136 Å². The van der Waals surface area contributed by atoms with E-state index in [1.54, 1.807) is 11.8 Å². The van der Waals surface area contributed by atoms with Gasteiger partial charge in [0.05, 0.1) is 0 Å². The lowest BCUT2D eigenvalue weighted by Crippen LogP contribution is -2.29. The highest BCUT2D eigenvalue weighted by atomic mass is 32.2. The highest BCUT2D eigenvalue weighted by molar-refractivity contribution is 8.00. The fourth-order valence-corrected chi connectivity index (χ4v) is 3.46. The molecule has 2 aromatic rings. The van der Waals surface area contributed by atoms with E-state index in [0.29, 0.717) is 6.04 Å². The number of benzene rings is 2. The van der Waals surface area contributed by atoms with Crippen molar-refractivity contribution in [1.82, 2.24) is 5.32 Å². The second-order valence-corrected chi connectivity index (χ2v) is 7.12. The van der Waals surface area contributed by atoms with Crippen molar-refractivity contribution in [2.24, 2.45) is 0 Å². The third-order valence-corrected chi connectivity index (χ3v) is 5.24. The number of rotatable bonds is 5. The molecule has 0 aliphatic heterocycles. The van der Waals surface area contributed by atoms with E-state index in [9.17, 15) is 4.79 Å². The van der Waals surface area contributed by atoms with Crippen LogP contribution in [-0.2, 0) is 4.79 Å². The molecule has 1 atom stereocenters. The molecule has 2 aromatic carbocycles. The van der Waals surface area contributed by atoms with Crippen LogP contribution in [0.5, 0.6) is 0 Å². The number of carbonyl (C=O) groups excluding carboxylic acids is 1. The molecule has 0 spiro atoms. The number of hydrogen-bond donors (Lipinski definition) is 1. The fourth-order valence-electron chi connectivity index (χ4n) is 2.33. The smallest absolute Gasteiger partial charge is 0.238 e. The Balaban J connectivity index is 1.83. The first-order valence-electron chi connectivity index (χ1n) is 7.73. The average molecular weight is 311 g/mol. The lowest BCUT2D eigenvalue weighted by atomic mass is 10.1. The third-order valence-electron chi connectivity index (χ3n) is 4.00. The van der Waals surface area contributed by atoms with Crippen LogP contribution in [0.2, 0.25) is 0 Å². The average Bonchev–Trinajstić information content (AvgIpc) is 3.33. The summed E-state index contributed by atoms with van der Waals surface area (Å²) in [7, 11) is 0. The minimum absolute atomic E-state index is 0.122. The zero-order chi connectivity index (χ0) is 15.5. The zero-order valence-electron chi connectivity index (χ0n) is 13.0. The molecule has 0 unspecified atom stereocenters. The van der Waals surface area contributed by atoms with Gasteiger partial charge in [0.15, 0.2) is 0 Å². The van der Waals surface area contributed by atoms with Gasteiger partial charge in [0, 0.05) is 10.9 Å². The van der Waals surface area contributed by atoms with Crippen LogP contribution in [0.25, 0.3) is 0 Å². The van der Waals surface area contributed by atoms with Gasteiger partial charge < -0.3 is 5.32 Å². The molecule has 114 valence electrons. The maximum absolute atomic E-state index is 12.6. The molecule has 0 aromatic heterocycles. The molecule has 1 fully saturated rings. The molecular weight excluding hydrogens is 290 g/mol. The van der Waals surface area contributed by atoms with E-state index in [1.165, 1.54) is 11.1 Å². The van der Waals surface area contributed by atoms with Crippen LogP contribution in [0, 0.1) is 13.8 Å². The van der Waals surface area contributed by atoms with Gasteiger partial charge in [0.25, 0.3) is 0 Å². The van der Waals surface area contributed by atoms with E-state index < -0.39 is 0 Å².